The second-order valence-electron chi connectivity index (χ2n) is 5.71. The van der Waals surface area contributed by atoms with E-state index in [4.69, 9.17) is 0 Å². The molecule has 0 saturated carbocycles. The van der Waals surface area contributed by atoms with Crippen LogP contribution in [-0.2, 0) is 0 Å². The molecular weight excluding hydrogens is 261 g/mol. The topological polar surface area (TPSA) is 12.0 Å². The van der Waals surface area contributed by atoms with Crippen molar-refractivity contribution in [3.05, 3.63) is 70.0 Å². The summed E-state index contributed by atoms with van der Waals surface area (Å²) in [6.07, 6.45) is 1.07. The maximum absolute atomic E-state index is 13.9. The van der Waals surface area contributed by atoms with Gasteiger partial charge in [-0.25, -0.2) is 4.39 Å². The molecule has 0 spiro atoms. The van der Waals surface area contributed by atoms with Crippen LogP contribution in [0.4, 0.5) is 4.39 Å². The molecule has 0 aliphatic carbocycles. The first-order valence-electron chi connectivity index (χ1n) is 7.60. The third-order valence-corrected chi connectivity index (χ3v) is 3.89. The second-order valence-corrected chi connectivity index (χ2v) is 5.71. The van der Waals surface area contributed by atoms with E-state index in [2.05, 4.69) is 43.4 Å². The number of halogens is 1. The van der Waals surface area contributed by atoms with Crippen LogP contribution in [0.3, 0.4) is 0 Å². The number of hydrogen-bond donors (Lipinski definition) is 1. The predicted octanol–water partition coefficient (Wildman–Crippen LogP) is 4.84. The van der Waals surface area contributed by atoms with Crippen LogP contribution in [0.25, 0.3) is 0 Å². The lowest BCUT2D eigenvalue weighted by Crippen LogP contribution is -2.24. The summed E-state index contributed by atoms with van der Waals surface area (Å²) in [5.74, 6) is -0.0993. The number of aryl methyl sites for hydroxylation is 3. The van der Waals surface area contributed by atoms with E-state index in [9.17, 15) is 4.39 Å². The molecule has 0 aliphatic heterocycles. The average molecular weight is 285 g/mol. The molecule has 0 amide bonds. The fraction of sp³-hybridized carbons (Fsp3) is 0.368. The van der Waals surface area contributed by atoms with Crippen molar-refractivity contribution in [3.8, 4) is 0 Å². The Hall–Kier alpha value is -1.67. The molecule has 0 fully saturated rings. The van der Waals surface area contributed by atoms with Crippen molar-refractivity contribution in [3.63, 3.8) is 0 Å². The lowest BCUT2D eigenvalue weighted by Gasteiger charge is -2.22. The largest absolute Gasteiger partial charge is 0.306 e. The van der Waals surface area contributed by atoms with Crippen LogP contribution in [-0.4, -0.2) is 6.54 Å². The Morgan fingerprint density at radius 2 is 1.62 bits per heavy atom. The highest BCUT2D eigenvalue weighted by atomic mass is 19.1. The lowest BCUT2D eigenvalue weighted by atomic mass is 9.92. The monoisotopic (exact) mass is 285 g/mol. The van der Waals surface area contributed by atoms with Crippen LogP contribution in [0.5, 0.6) is 0 Å². The van der Waals surface area contributed by atoms with Gasteiger partial charge in [-0.2, -0.15) is 0 Å². The van der Waals surface area contributed by atoms with Gasteiger partial charge in [-0.15, -0.1) is 0 Å². The molecule has 2 aromatic rings. The third kappa shape index (κ3) is 3.51. The van der Waals surface area contributed by atoms with Crippen LogP contribution in [0.2, 0.25) is 0 Å². The van der Waals surface area contributed by atoms with Gasteiger partial charge in [-0.3, -0.25) is 0 Å². The number of rotatable bonds is 5. The highest BCUT2D eigenvalue weighted by Gasteiger charge is 2.17. The maximum atomic E-state index is 13.9. The summed E-state index contributed by atoms with van der Waals surface area (Å²) in [6, 6.07) is 12.4. The summed E-state index contributed by atoms with van der Waals surface area (Å²) >= 11 is 0. The van der Waals surface area contributed by atoms with Gasteiger partial charge in [0.2, 0.25) is 0 Å². The van der Waals surface area contributed by atoms with E-state index in [0.29, 0.717) is 11.1 Å². The van der Waals surface area contributed by atoms with Crippen LogP contribution in [0.1, 0.15) is 47.2 Å². The Balaban J connectivity index is 2.48. The van der Waals surface area contributed by atoms with Gasteiger partial charge in [0, 0.05) is 0 Å². The zero-order valence-electron chi connectivity index (χ0n) is 13.3. The predicted molar refractivity (Wildman–Crippen MR) is 87.2 cm³/mol. The Labute approximate surface area is 127 Å². The number of nitrogens with one attached hydrogen (secondary N) is 1. The van der Waals surface area contributed by atoms with Gasteiger partial charge in [-0.05, 0) is 61.6 Å². The van der Waals surface area contributed by atoms with E-state index >= 15 is 0 Å². The third-order valence-electron chi connectivity index (χ3n) is 3.89. The second kappa shape index (κ2) is 6.86. The summed E-state index contributed by atoms with van der Waals surface area (Å²) in [4.78, 5) is 0. The molecule has 2 aromatic carbocycles. The molecule has 1 unspecified atom stereocenters. The number of hydrogen-bond acceptors (Lipinski definition) is 1. The average Bonchev–Trinajstić information content (AvgIpc) is 2.46. The molecule has 0 saturated heterocycles. The molecule has 2 heteroatoms. The molecule has 0 bridgehead atoms. The first kappa shape index (κ1) is 15.7. The van der Waals surface area contributed by atoms with E-state index in [-0.39, 0.29) is 11.9 Å². The zero-order chi connectivity index (χ0) is 15.4. The van der Waals surface area contributed by atoms with Gasteiger partial charge in [-0.1, -0.05) is 43.3 Å². The Morgan fingerprint density at radius 3 is 2.19 bits per heavy atom. The molecular formula is C19H24FN. The minimum absolute atomic E-state index is 0.0993. The SMILES string of the molecule is CCCNC(c1cc(C)c(F)c(C)c1)c1ccccc1C. The molecule has 0 aliphatic rings. The van der Waals surface area contributed by atoms with Crippen molar-refractivity contribution in [2.45, 2.75) is 40.2 Å². The van der Waals surface area contributed by atoms with Crippen molar-refractivity contribution in [1.82, 2.24) is 5.32 Å². The Bertz CT molecular complexity index is 596. The van der Waals surface area contributed by atoms with Crippen molar-refractivity contribution >= 4 is 0 Å². The first-order chi connectivity index (χ1) is 10.0. The summed E-state index contributed by atoms with van der Waals surface area (Å²) in [6.45, 7) is 8.89. The lowest BCUT2D eigenvalue weighted by molar-refractivity contribution is 0.584. The van der Waals surface area contributed by atoms with E-state index in [1.165, 1.54) is 11.1 Å². The zero-order valence-corrected chi connectivity index (χ0v) is 13.3. The number of benzene rings is 2. The van der Waals surface area contributed by atoms with Crippen molar-refractivity contribution in [2.75, 3.05) is 6.54 Å². The van der Waals surface area contributed by atoms with Gasteiger partial charge in [0.15, 0.2) is 0 Å². The van der Waals surface area contributed by atoms with Crippen LogP contribution in [0, 0.1) is 26.6 Å². The minimum atomic E-state index is -0.0993. The Kier molecular flexibility index (Phi) is 5.13. The first-order valence-corrected chi connectivity index (χ1v) is 7.60. The van der Waals surface area contributed by atoms with E-state index in [0.717, 1.165) is 18.5 Å². The molecule has 21 heavy (non-hydrogen) atoms. The molecule has 2 rings (SSSR count). The van der Waals surface area contributed by atoms with Crippen molar-refractivity contribution < 1.29 is 4.39 Å². The van der Waals surface area contributed by atoms with Crippen molar-refractivity contribution in [1.29, 1.82) is 0 Å². The van der Waals surface area contributed by atoms with Crippen molar-refractivity contribution in [2.24, 2.45) is 0 Å². The highest BCUT2D eigenvalue weighted by molar-refractivity contribution is 5.40. The normalized spacial score (nSPS) is 12.4. The Morgan fingerprint density at radius 1 is 1.00 bits per heavy atom. The van der Waals surface area contributed by atoms with Crippen LogP contribution in [0.15, 0.2) is 36.4 Å². The molecule has 1 atom stereocenters. The summed E-state index contributed by atoms with van der Waals surface area (Å²) in [5.41, 5.74) is 5.07. The fourth-order valence-corrected chi connectivity index (χ4v) is 2.75. The molecule has 0 heterocycles. The van der Waals surface area contributed by atoms with E-state index < -0.39 is 0 Å². The van der Waals surface area contributed by atoms with E-state index in [1.807, 2.05) is 26.0 Å². The molecule has 112 valence electrons. The fourth-order valence-electron chi connectivity index (χ4n) is 2.75. The van der Waals surface area contributed by atoms with E-state index in [1.54, 1.807) is 0 Å². The molecule has 1 nitrogen and oxygen atoms in total. The van der Waals surface area contributed by atoms with Gasteiger partial charge < -0.3 is 5.32 Å². The standard InChI is InChI=1S/C19H24FN/c1-5-10-21-19(17-9-7-6-8-13(17)2)16-11-14(3)18(20)15(4)12-16/h6-9,11-12,19,21H,5,10H2,1-4H3. The summed E-state index contributed by atoms with van der Waals surface area (Å²) < 4.78 is 13.9. The van der Waals surface area contributed by atoms with Gasteiger partial charge in [0.1, 0.15) is 5.82 Å². The molecule has 1 N–H and O–H groups in total. The molecule has 0 radical (unpaired) electrons. The van der Waals surface area contributed by atoms with Crippen LogP contribution >= 0.6 is 0 Å². The summed E-state index contributed by atoms with van der Waals surface area (Å²) in [5, 5.41) is 3.59. The van der Waals surface area contributed by atoms with Crippen LogP contribution < -0.4 is 5.32 Å². The quantitative estimate of drug-likeness (QED) is 0.829. The maximum Gasteiger partial charge on any atom is 0.129 e. The van der Waals surface area contributed by atoms with Gasteiger partial charge >= 0.3 is 0 Å². The smallest absolute Gasteiger partial charge is 0.129 e. The molecule has 0 aromatic heterocycles. The van der Waals surface area contributed by atoms with Gasteiger partial charge in [0.05, 0.1) is 6.04 Å². The minimum Gasteiger partial charge on any atom is -0.306 e. The highest BCUT2D eigenvalue weighted by Crippen LogP contribution is 2.27. The summed E-state index contributed by atoms with van der Waals surface area (Å²) in [7, 11) is 0. The van der Waals surface area contributed by atoms with Gasteiger partial charge in [0.25, 0.3) is 0 Å².